The minimum atomic E-state index is -1.87. The molecule has 0 fully saturated rings. The largest absolute Gasteiger partial charge is 0.429 e. The van der Waals surface area contributed by atoms with Crippen LogP contribution in [0.1, 0.15) is 0 Å². The highest BCUT2D eigenvalue weighted by Gasteiger charge is 2.19. The third-order valence-electron chi connectivity index (χ3n) is 1.86. The molecule has 6 heteroatoms. The summed E-state index contributed by atoms with van der Waals surface area (Å²) in [6.07, 6.45) is 0. The first-order chi connectivity index (χ1) is 7.02. The zero-order chi connectivity index (χ0) is 11.2. The lowest BCUT2D eigenvalue weighted by Gasteiger charge is -1.99. The third-order valence-corrected chi connectivity index (χ3v) is 1.86. The van der Waals surface area contributed by atoms with Crippen LogP contribution in [0.15, 0.2) is 21.3 Å². The van der Waals surface area contributed by atoms with Gasteiger partial charge >= 0.3 is 6.01 Å². The Morgan fingerprint density at radius 2 is 1.67 bits per heavy atom. The van der Waals surface area contributed by atoms with E-state index in [4.69, 9.17) is 0 Å². The standard InChI is InChI=1S/C9H2F4O2/c10-3-1-2-4-5(6(3)11)8(14)7(12)9(13)15-4/h1-2H. The van der Waals surface area contributed by atoms with E-state index in [2.05, 4.69) is 4.42 Å². The Balaban J connectivity index is 3.08. The van der Waals surface area contributed by atoms with Crippen LogP contribution in [-0.2, 0) is 0 Å². The summed E-state index contributed by atoms with van der Waals surface area (Å²) in [7, 11) is 0. The molecule has 0 aliphatic rings. The van der Waals surface area contributed by atoms with E-state index in [0.29, 0.717) is 6.07 Å². The average molecular weight is 218 g/mol. The molecule has 0 amide bonds. The maximum atomic E-state index is 13.0. The first-order valence-electron chi connectivity index (χ1n) is 3.78. The number of benzene rings is 1. The minimum absolute atomic E-state index is 0.544. The molecule has 0 saturated heterocycles. The number of hydrogen-bond donors (Lipinski definition) is 0. The molecular weight excluding hydrogens is 216 g/mol. The molecule has 0 radical (unpaired) electrons. The Hall–Kier alpha value is -1.85. The lowest BCUT2D eigenvalue weighted by atomic mass is 10.2. The van der Waals surface area contributed by atoms with Crippen molar-refractivity contribution >= 4 is 11.0 Å². The van der Waals surface area contributed by atoms with Gasteiger partial charge in [0.2, 0.25) is 11.2 Å². The minimum Gasteiger partial charge on any atom is -0.429 e. The molecule has 0 unspecified atom stereocenters. The molecule has 0 N–H and O–H groups in total. The number of rotatable bonds is 0. The third kappa shape index (κ3) is 1.29. The summed E-state index contributed by atoms with van der Waals surface area (Å²) >= 11 is 0. The van der Waals surface area contributed by atoms with Crippen molar-refractivity contribution < 1.29 is 22.0 Å². The Labute approximate surface area is 79.7 Å². The predicted octanol–water partition coefficient (Wildman–Crippen LogP) is 2.35. The SMILES string of the molecule is O=c1c(F)c(F)oc2ccc(F)c(F)c12. The summed E-state index contributed by atoms with van der Waals surface area (Å²) in [5.74, 6) is -4.76. The molecule has 0 atom stereocenters. The Bertz CT molecular complexity index is 603. The predicted molar refractivity (Wildman–Crippen MR) is 42.3 cm³/mol. The molecule has 2 rings (SSSR count). The molecule has 0 saturated carbocycles. The molecule has 1 heterocycles. The molecule has 1 aromatic heterocycles. The van der Waals surface area contributed by atoms with Crippen LogP contribution in [0.2, 0.25) is 0 Å². The number of halogens is 4. The van der Waals surface area contributed by atoms with E-state index in [1.54, 1.807) is 0 Å². The van der Waals surface area contributed by atoms with Crippen molar-refractivity contribution in [1.82, 2.24) is 0 Å². The second-order valence-corrected chi connectivity index (χ2v) is 2.75. The van der Waals surface area contributed by atoms with Crippen LogP contribution in [0.4, 0.5) is 17.6 Å². The molecule has 0 spiro atoms. The smallest absolute Gasteiger partial charge is 0.318 e. The van der Waals surface area contributed by atoms with E-state index >= 15 is 0 Å². The van der Waals surface area contributed by atoms with Crippen LogP contribution in [-0.4, -0.2) is 0 Å². The molecule has 78 valence electrons. The second-order valence-electron chi connectivity index (χ2n) is 2.75. The van der Waals surface area contributed by atoms with Crippen LogP contribution in [0.25, 0.3) is 11.0 Å². The summed E-state index contributed by atoms with van der Waals surface area (Å²) in [5.41, 5.74) is -2.11. The zero-order valence-corrected chi connectivity index (χ0v) is 6.98. The van der Waals surface area contributed by atoms with E-state index in [0.717, 1.165) is 6.07 Å². The van der Waals surface area contributed by atoms with Crippen molar-refractivity contribution in [1.29, 1.82) is 0 Å². The topological polar surface area (TPSA) is 30.2 Å². The van der Waals surface area contributed by atoms with Gasteiger partial charge in [-0.25, -0.2) is 8.78 Å². The van der Waals surface area contributed by atoms with E-state index in [9.17, 15) is 22.4 Å². The molecule has 1 aromatic carbocycles. The average Bonchev–Trinajstić information content (AvgIpc) is 2.20. The molecule has 0 aliphatic carbocycles. The summed E-state index contributed by atoms with van der Waals surface area (Å²) in [6, 6.07) is -0.256. The van der Waals surface area contributed by atoms with E-state index in [1.165, 1.54) is 0 Å². The maximum absolute atomic E-state index is 13.0. The van der Waals surface area contributed by atoms with Crippen LogP contribution < -0.4 is 5.43 Å². The molecule has 15 heavy (non-hydrogen) atoms. The van der Waals surface area contributed by atoms with Gasteiger partial charge in [-0.15, -0.1) is 0 Å². The highest BCUT2D eigenvalue weighted by Crippen LogP contribution is 2.19. The number of fused-ring (bicyclic) bond motifs is 1. The van der Waals surface area contributed by atoms with Crippen LogP contribution in [0.5, 0.6) is 0 Å². The Morgan fingerprint density at radius 1 is 1.00 bits per heavy atom. The molecular formula is C9H2F4O2. The van der Waals surface area contributed by atoms with Gasteiger partial charge in [-0.2, -0.15) is 8.78 Å². The number of hydrogen-bond acceptors (Lipinski definition) is 2. The van der Waals surface area contributed by atoms with E-state index in [-0.39, 0.29) is 0 Å². The van der Waals surface area contributed by atoms with Gasteiger partial charge in [-0.3, -0.25) is 4.79 Å². The van der Waals surface area contributed by atoms with Gasteiger partial charge in [0.15, 0.2) is 11.6 Å². The first kappa shape index (κ1) is 9.70. The van der Waals surface area contributed by atoms with E-state index < -0.39 is 39.9 Å². The van der Waals surface area contributed by atoms with Crippen molar-refractivity contribution in [3.05, 3.63) is 45.8 Å². The summed E-state index contributed by atoms with van der Waals surface area (Å²) in [4.78, 5) is 11.0. The van der Waals surface area contributed by atoms with Crippen LogP contribution in [0, 0.1) is 23.5 Å². The highest BCUT2D eigenvalue weighted by molar-refractivity contribution is 5.77. The van der Waals surface area contributed by atoms with Crippen LogP contribution in [0.3, 0.4) is 0 Å². The van der Waals surface area contributed by atoms with E-state index in [1.807, 2.05) is 0 Å². The van der Waals surface area contributed by atoms with Crippen molar-refractivity contribution in [2.24, 2.45) is 0 Å². The van der Waals surface area contributed by atoms with Crippen molar-refractivity contribution in [2.75, 3.05) is 0 Å². The van der Waals surface area contributed by atoms with Gasteiger partial charge in [0, 0.05) is 0 Å². The Morgan fingerprint density at radius 3 is 2.33 bits per heavy atom. The quantitative estimate of drug-likeness (QED) is 0.635. The first-order valence-corrected chi connectivity index (χ1v) is 3.78. The summed E-state index contributed by atoms with van der Waals surface area (Å²) in [6.45, 7) is 0. The van der Waals surface area contributed by atoms with Crippen LogP contribution >= 0.6 is 0 Å². The fourth-order valence-corrected chi connectivity index (χ4v) is 1.17. The highest BCUT2D eigenvalue weighted by atomic mass is 19.2. The van der Waals surface area contributed by atoms with Gasteiger partial charge in [-0.1, -0.05) is 0 Å². The Kier molecular flexibility index (Phi) is 1.99. The molecule has 0 aliphatic heterocycles. The fourth-order valence-electron chi connectivity index (χ4n) is 1.17. The molecule has 0 bridgehead atoms. The monoisotopic (exact) mass is 218 g/mol. The molecule has 2 nitrogen and oxygen atoms in total. The lowest BCUT2D eigenvalue weighted by Crippen LogP contribution is -2.11. The normalized spacial score (nSPS) is 10.9. The molecule has 2 aromatic rings. The fraction of sp³-hybridized carbons (Fsp3) is 0. The van der Waals surface area contributed by atoms with Gasteiger partial charge in [0.05, 0.1) is 0 Å². The lowest BCUT2D eigenvalue weighted by molar-refractivity contribution is 0.321. The second kappa shape index (κ2) is 3.08. The van der Waals surface area contributed by atoms with Gasteiger partial charge in [-0.05, 0) is 12.1 Å². The van der Waals surface area contributed by atoms with Crippen molar-refractivity contribution in [3.8, 4) is 0 Å². The summed E-state index contributed by atoms with van der Waals surface area (Å²) < 4.78 is 55.2. The van der Waals surface area contributed by atoms with Gasteiger partial charge in [0.25, 0.3) is 0 Å². The van der Waals surface area contributed by atoms with Crippen molar-refractivity contribution in [2.45, 2.75) is 0 Å². The van der Waals surface area contributed by atoms with Gasteiger partial charge in [0.1, 0.15) is 11.0 Å². The summed E-state index contributed by atoms with van der Waals surface area (Å²) in [5, 5.41) is -0.936. The van der Waals surface area contributed by atoms with Gasteiger partial charge < -0.3 is 4.42 Å². The zero-order valence-electron chi connectivity index (χ0n) is 6.98. The van der Waals surface area contributed by atoms with Crippen molar-refractivity contribution in [3.63, 3.8) is 0 Å². The maximum Gasteiger partial charge on any atom is 0.318 e.